The Morgan fingerprint density at radius 2 is 2.17 bits per heavy atom. The summed E-state index contributed by atoms with van der Waals surface area (Å²) in [6.45, 7) is 1.96. The van der Waals surface area contributed by atoms with E-state index in [2.05, 4.69) is 9.97 Å². The molecular formula is C13H13N3O2. The summed E-state index contributed by atoms with van der Waals surface area (Å²) in [5.41, 5.74) is 7.77. The number of nitrogens with zero attached hydrogens (tertiary/aromatic N) is 2. The number of rotatable bonds is 3. The number of ether oxygens (including phenoxy) is 1. The molecule has 0 radical (unpaired) electrons. The molecule has 18 heavy (non-hydrogen) atoms. The summed E-state index contributed by atoms with van der Waals surface area (Å²) >= 11 is 0. The number of methoxy groups -OCH3 is 1. The minimum absolute atomic E-state index is 0.165. The Kier molecular flexibility index (Phi) is 3.23. The molecule has 0 saturated heterocycles. The number of carbonyl (C=O) groups is 1. The lowest BCUT2D eigenvalue weighted by atomic mass is 10.1. The molecule has 0 unspecified atom stereocenters. The van der Waals surface area contributed by atoms with Crippen molar-refractivity contribution in [2.75, 3.05) is 12.8 Å². The molecule has 0 aliphatic carbocycles. The number of nitrogens with two attached hydrogens (primary N) is 1. The highest BCUT2D eigenvalue weighted by molar-refractivity contribution is 5.82. The fourth-order valence-electron chi connectivity index (χ4n) is 1.62. The molecule has 1 aromatic heterocycles. The first-order chi connectivity index (χ1) is 8.65. The molecule has 0 atom stereocenters. The highest BCUT2D eigenvalue weighted by atomic mass is 16.5. The van der Waals surface area contributed by atoms with Crippen molar-refractivity contribution in [1.82, 2.24) is 9.97 Å². The van der Waals surface area contributed by atoms with E-state index < -0.39 is 0 Å². The summed E-state index contributed by atoms with van der Waals surface area (Å²) in [5, 5.41) is 0. The second kappa shape index (κ2) is 4.83. The van der Waals surface area contributed by atoms with E-state index in [1.54, 1.807) is 7.11 Å². The van der Waals surface area contributed by atoms with Gasteiger partial charge in [0.1, 0.15) is 11.6 Å². The van der Waals surface area contributed by atoms with Gasteiger partial charge in [-0.2, -0.15) is 0 Å². The predicted molar refractivity (Wildman–Crippen MR) is 68.6 cm³/mol. The summed E-state index contributed by atoms with van der Waals surface area (Å²) < 4.78 is 5.26. The Morgan fingerprint density at radius 3 is 2.78 bits per heavy atom. The van der Waals surface area contributed by atoms with E-state index in [4.69, 9.17) is 10.5 Å². The minimum Gasteiger partial charge on any atom is -0.496 e. The van der Waals surface area contributed by atoms with Crippen LogP contribution in [0, 0.1) is 6.92 Å². The fourth-order valence-corrected chi connectivity index (χ4v) is 1.62. The zero-order valence-electron chi connectivity index (χ0n) is 10.2. The van der Waals surface area contributed by atoms with Crippen LogP contribution in [0.5, 0.6) is 5.75 Å². The van der Waals surface area contributed by atoms with Crippen molar-refractivity contribution in [3.8, 4) is 17.1 Å². The second-order valence-electron chi connectivity index (χ2n) is 3.86. The van der Waals surface area contributed by atoms with Crippen LogP contribution in [0.1, 0.15) is 15.9 Å². The molecule has 0 spiro atoms. The lowest BCUT2D eigenvalue weighted by molar-refractivity contribution is 0.112. The Hall–Kier alpha value is -2.43. The van der Waals surface area contributed by atoms with Crippen molar-refractivity contribution in [3.63, 3.8) is 0 Å². The lowest BCUT2D eigenvalue weighted by Crippen LogP contribution is -2.01. The first-order valence-corrected chi connectivity index (χ1v) is 5.38. The van der Waals surface area contributed by atoms with Crippen molar-refractivity contribution in [3.05, 3.63) is 35.5 Å². The van der Waals surface area contributed by atoms with Crippen LogP contribution in [0.2, 0.25) is 0 Å². The van der Waals surface area contributed by atoms with Crippen LogP contribution in [0.15, 0.2) is 24.4 Å². The molecule has 1 heterocycles. The van der Waals surface area contributed by atoms with Gasteiger partial charge >= 0.3 is 0 Å². The molecule has 2 rings (SSSR count). The maximum absolute atomic E-state index is 10.7. The third-order valence-corrected chi connectivity index (χ3v) is 2.57. The van der Waals surface area contributed by atoms with Crippen LogP contribution in [0.4, 0.5) is 5.82 Å². The van der Waals surface area contributed by atoms with Gasteiger partial charge in [-0.25, -0.2) is 9.97 Å². The summed E-state index contributed by atoms with van der Waals surface area (Å²) in [6, 6.07) is 5.69. The van der Waals surface area contributed by atoms with Gasteiger partial charge in [0, 0.05) is 6.20 Å². The van der Waals surface area contributed by atoms with Crippen LogP contribution < -0.4 is 10.5 Å². The SMILES string of the molecule is COc1ccc(C)cc1-c1ncc(C=O)c(N)n1. The number of aromatic nitrogens is 2. The summed E-state index contributed by atoms with van der Waals surface area (Å²) in [7, 11) is 1.58. The molecule has 0 amide bonds. The average Bonchev–Trinajstić information content (AvgIpc) is 2.38. The van der Waals surface area contributed by atoms with Gasteiger partial charge < -0.3 is 10.5 Å². The molecule has 0 aliphatic heterocycles. The van der Waals surface area contributed by atoms with Gasteiger partial charge in [-0.3, -0.25) is 4.79 Å². The second-order valence-corrected chi connectivity index (χ2v) is 3.86. The molecule has 0 saturated carbocycles. The molecule has 2 aromatic rings. The van der Waals surface area contributed by atoms with Crippen molar-refractivity contribution >= 4 is 12.1 Å². The lowest BCUT2D eigenvalue weighted by Gasteiger charge is -2.09. The number of carbonyl (C=O) groups excluding carboxylic acids is 1. The van der Waals surface area contributed by atoms with E-state index in [0.717, 1.165) is 11.1 Å². The van der Waals surface area contributed by atoms with Crippen LogP contribution in [0.25, 0.3) is 11.4 Å². The number of anilines is 1. The molecule has 1 aromatic carbocycles. The van der Waals surface area contributed by atoms with E-state index >= 15 is 0 Å². The van der Waals surface area contributed by atoms with Gasteiger partial charge in [0.15, 0.2) is 12.1 Å². The van der Waals surface area contributed by atoms with Crippen LogP contribution in [0.3, 0.4) is 0 Å². The maximum Gasteiger partial charge on any atom is 0.165 e. The largest absolute Gasteiger partial charge is 0.496 e. The molecule has 5 heteroatoms. The van der Waals surface area contributed by atoms with Crippen molar-refractivity contribution < 1.29 is 9.53 Å². The van der Waals surface area contributed by atoms with E-state index in [1.807, 2.05) is 25.1 Å². The molecule has 0 fully saturated rings. The average molecular weight is 243 g/mol. The third kappa shape index (κ3) is 2.15. The number of aldehydes is 1. The normalized spacial score (nSPS) is 10.1. The number of nitrogen functional groups attached to an aromatic ring is 1. The van der Waals surface area contributed by atoms with Crippen LogP contribution in [-0.4, -0.2) is 23.4 Å². The zero-order chi connectivity index (χ0) is 13.1. The Labute approximate surface area is 105 Å². The third-order valence-electron chi connectivity index (χ3n) is 2.57. The minimum atomic E-state index is 0.165. The van der Waals surface area contributed by atoms with E-state index in [1.165, 1.54) is 6.20 Å². The van der Waals surface area contributed by atoms with E-state index in [9.17, 15) is 4.79 Å². The standard InChI is InChI=1S/C13H13N3O2/c1-8-3-4-11(18-2)10(5-8)13-15-6-9(7-17)12(14)16-13/h3-7H,1-2H3,(H2,14,15,16). The number of hydrogen-bond acceptors (Lipinski definition) is 5. The van der Waals surface area contributed by atoms with Gasteiger partial charge in [0.25, 0.3) is 0 Å². The fraction of sp³-hybridized carbons (Fsp3) is 0.154. The van der Waals surface area contributed by atoms with Gasteiger partial charge in [-0.05, 0) is 19.1 Å². The summed E-state index contributed by atoms with van der Waals surface area (Å²) in [4.78, 5) is 18.9. The molecule has 0 aliphatic rings. The molecule has 5 nitrogen and oxygen atoms in total. The zero-order valence-corrected chi connectivity index (χ0v) is 10.2. The first-order valence-electron chi connectivity index (χ1n) is 5.38. The Bertz CT molecular complexity index is 597. The van der Waals surface area contributed by atoms with Crippen LogP contribution >= 0.6 is 0 Å². The summed E-state index contributed by atoms with van der Waals surface area (Å²) in [5.74, 6) is 1.27. The monoisotopic (exact) mass is 243 g/mol. The van der Waals surface area contributed by atoms with Gasteiger partial charge in [0.05, 0.1) is 18.2 Å². The molecule has 2 N–H and O–H groups in total. The van der Waals surface area contributed by atoms with Crippen molar-refractivity contribution in [2.24, 2.45) is 0 Å². The number of aryl methyl sites for hydroxylation is 1. The van der Waals surface area contributed by atoms with Gasteiger partial charge in [0.2, 0.25) is 0 Å². The van der Waals surface area contributed by atoms with E-state index in [0.29, 0.717) is 17.9 Å². The number of benzene rings is 1. The highest BCUT2D eigenvalue weighted by Gasteiger charge is 2.11. The van der Waals surface area contributed by atoms with Gasteiger partial charge in [-0.15, -0.1) is 0 Å². The Morgan fingerprint density at radius 1 is 1.39 bits per heavy atom. The summed E-state index contributed by atoms with van der Waals surface area (Å²) in [6.07, 6.45) is 2.04. The maximum atomic E-state index is 10.7. The van der Waals surface area contributed by atoms with Crippen molar-refractivity contribution in [2.45, 2.75) is 6.92 Å². The number of hydrogen-bond donors (Lipinski definition) is 1. The molecular weight excluding hydrogens is 230 g/mol. The quantitative estimate of drug-likeness (QED) is 0.832. The highest BCUT2D eigenvalue weighted by Crippen LogP contribution is 2.28. The van der Waals surface area contributed by atoms with Gasteiger partial charge in [-0.1, -0.05) is 11.6 Å². The smallest absolute Gasteiger partial charge is 0.165 e. The first kappa shape index (κ1) is 12.0. The topological polar surface area (TPSA) is 78.1 Å². The molecule has 0 bridgehead atoms. The molecule has 92 valence electrons. The predicted octanol–water partition coefficient (Wildman–Crippen LogP) is 1.86. The van der Waals surface area contributed by atoms with E-state index in [-0.39, 0.29) is 11.4 Å². The van der Waals surface area contributed by atoms with Crippen molar-refractivity contribution in [1.29, 1.82) is 0 Å². The van der Waals surface area contributed by atoms with Crippen LogP contribution in [-0.2, 0) is 0 Å². The Balaban J connectivity index is 2.57.